The van der Waals surface area contributed by atoms with Crippen LogP contribution in [-0.4, -0.2) is 46.7 Å². The van der Waals surface area contributed by atoms with Crippen molar-refractivity contribution in [3.05, 3.63) is 48.3 Å². The Morgan fingerprint density at radius 1 is 1.06 bits per heavy atom. The molecule has 3 fully saturated rings. The highest BCUT2D eigenvalue weighted by Crippen LogP contribution is 2.40. The van der Waals surface area contributed by atoms with Crippen molar-refractivity contribution in [3.8, 4) is 0 Å². The molecule has 0 unspecified atom stereocenters. The first-order valence-corrected chi connectivity index (χ1v) is 12.5. The van der Waals surface area contributed by atoms with E-state index in [9.17, 15) is 9.59 Å². The van der Waals surface area contributed by atoms with E-state index in [0.717, 1.165) is 50.9 Å². The Labute approximate surface area is 200 Å². The highest BCUT2D eigenvalue weighted by atomic mass is 16.6. The predicted octanol–water partition coefficient (Wildman–Crippen LogP) is 4.54. The number of ether oxygens (including phenoxy) is 1. The molecule has 180 valence electrons. The van der Waals surface area contributed by atoms with Gasteiger partial charge in [0.2, 0.25) is 0 Å². The number of aromatic nitrogens is 2. The van der Waals surface area contributed by atoms with Crippen LogP contribution in [0.25, 0.3) is 0 Å². The summed E-state index contributed by atoms with van der Waals surface area (Å²) < 4.78 is 5.83. The molecule has 1 aliphatic heterocycles. The molecular formula is C26H33N5O3. The molecule has 2 aliphatic carbocycles. The standard InChI is InChI=1S/C26H33N5O3/c32-24(30-21-6-2-1-3-7-21)20-9-10-22(29-17-20)28-16-19-11-13-26(14-12-19)18-31(25(33)34-26)23-8-4-5-15-27-23/h4-5,8-10,15,17,19,21H,1-3,6-7,11-14,16,18H2,(H,28,29)(H,30,32)/t19-,26-. The summed E-state index contributed by atoms with van der Waals surface area (Å²) in [7, 11) is 0. The van der Waals surface area contributed by atoms with Crippen molar-refractivity contribution in [2.45, 2.75) is 69.4 Å². The second-order valence-corrected chi connectivity index (χ2v) is 9.89. The van der Waals surface area contributed by atoms with Crippen LogP contribution in [-0.2, 0) is 4.74 Å². The van der Waals surface area contributed by atoms with E-state index in [1.807, 2.05) is 30.3 Å². The minimum atomic E-state index is -0.406. The summed E-state index contributed by atoms with van der Waals surface area (Å²) in [5, 5.41) is 6.55. The average molecular weight is 464 g/mol. The molecule has 5 rings (SSSR count). The van der Waals surface area contributed by atoms with Crippen molar-refractivity contribution in [3.63, 3.8) is 0 Å². The zero-order valence-corrected chi connectivity index (χ0v) is 19.5. The number of pyridine rings is 2. The molecule has 8 heteroatoms. The second-order valence-electron chi connectivity index (χ2n) is 9.89. The fourth-order valence-electron chi connectivity index (χ4n) is 5.38. The summed E-state index contributed by atoms with van der Waals surface area (Å²) in [5.41, 5.74) is 0.202. The van der Waals surface area contributed by atoms with Gasteiger partial charge in [-0.2, -0.15) is 0 Å². The van der Waals surface area contributed by atoms with Crippen LogP contribution in [0.3, 0.4) is 0 Å². The van der Waals surface area contributed by atoms with Crippen LogP contribution in [0.5, 0.6) is 0 Å². The summed E-state index contributed by atoms with van der Waals surface area (Å²) >= 11 is 0. The lowest BCUT2D eigenvalue weighted by Crippen LogP contribution is -2.39. The van der Waals surface area contributed by atoms with E-state index in [1.54, 1.807) is 17.3 Å². The van der Waals surface area contributed by atoms with Crippen LogP contribution in [0, 0.1) is 5.92 Å². The van der Waals surface area contributed by atoms with E-state index < -0.39 is 5.60 Å². The summed E-state index contributed by atoms with van der Waals surface area (Å²) in [4.78, 5) is 35.3. The van der Waals surface area contributed by atoms with Gasteiger partial charge in [-0.15, -0.1) is 0 Å². The Morgan fingerprint density at radius 3 is 2.59 bits per heavy atom. The Hall–Kier alpha value is -3.16. The highest BCUT2D eigenvalue weighted by Gasteiger charge is 2.47. The number of anilines is 2. The Kier molecular flexibility index (Phi) is 6.65. The van der Waals surface area contributed by atoms with Gasteiger partial charge in [-0.3, -0.25) is 9.69 Å². The molecule has 0 radical (unpaired) electrons. The van der Waals surface area contributed by atoms with Gasteiger partial charge in [0.25, 0.3) is 5.91 Å². The molecule has 0 atom stereocenters. The zero-order chi connectivity index (χ0) is 23.4. The fourth-order valence-corrected chi connectivity index (χ4v) is 5.38. The minimum absolute atomic E-state index is 0.0330. The summed E-state index contributed by atoms with van der Waals surface area (Å²) in [6.07, 6.45) is 12.5. The van der Waals surface area contributed by atoms with Gasteiger partial charge in [-0.1, -0.05) is 25.3 Å². The first kappa shape index (κ1) is 22.6. The highest BCUT2D eigenvalue weighted by molar-refractivity contribution is 5.94. The predicted molar refractivity (Wildman–Crippen MR) is 130 cm³/mol. The Morgan fingerprint density at radius 2 is 1.88 bits per heavy atom. The fraction of sp³-hybridized carbons (Fsp3) is 0.538. The molecule has 2 N–H and O–H groups in total. The van der Waals surface area contributed by atoms with Crippen molar-refractivity contribution in [1.29, 1.82) is 0 Å². The summed E-state index contributed by atoms with van der Waals surface area (Å²) in [5.74, 6) is 1.89. The number of nitrogens with zero attached hydrogens (tertiary/aromatic N) is 3. The summed E-state index contributed by atoms with van der Waals surface area (Å²) in [6.45, 7) is 1.38. The van der Waals surface area contributed by atoms with Gasteiger partial charge in [0.15, 0.2) is 0 Å². The number of nitrogens with one attached hydrogen (secondary N) is 2. The van der Waals surface area contributed by atoms with Crippen LogP contribution < -0.4 is 15.5 Å². The molecule has 1 saturated heterocycles. The second kappa shape index (κ2) is 9.99. The molecule has 34 heavy (non-hydrogen) atoms. The lowest BCUT2D eigenvalue weighted by atomic mass is 9.78. The zero-order valence-electron chi connectivity index (χ0n) is 19.5. The van der Waals surface area contributed by atoms with Crippen molar-refractivity contribution in [2.24, 2.45) is 5.92 Å². The minimum Gasteiger partial charge on any atom is -0.441 e. The van der Waals surface area contributed by atoms with Crippen molar-refractivity contribution in [2.75, 3.05) is 23.3 Å². The number of carbonyl (C=O) groups is 2. The molecule has 2 aromatic heterocycles. The normalized spacial score (nSPS) is 25.2. The number of rotatable bonds is 6. The number of amides is 2. The molecule has 2 aromatic rings. The number of carbonyl (C=O) groups excluding carboxylic acids is 2. The largest absolute Gasteiger partial charge is 0.441 e. The van der Waals surface area contributed by atoms with Gasteiger partial charge in [0.1, 0.15) is 17.2 Å². The topological polar surface area (TPSA) is 96.5 Å². The smallest absolute Gasteiger partial charge is 0.416 e. The Bertz CT molecular complexity index is 983. The van der Waals surface area contributed by atoms with Gasteiger partial charge >= 0.3 is 6.09 Å². The van der Waals surface area contributed by atoms with Gasteiger partial charge in [0, 0.05) is 25.0 Å². The quantitative estimate of drug-likeness (QED) is 0.653. The third kappa shape index (κ3) is 5.16. The van der Waals surface area contributed by atoms with Crippen LogP contribution in [0.2, 0.25) is 0 Å². The number of hydrogen-bond acceptors (Lipinski definition) is 6. The van der Waals surface area contributed by atoms with E-state index >= 15 is 0 Å². The van der Waals surface area contributed by atoms with Crippen LogP contribution in [0.15, 0.2) is 42.7 Å². The lowest BCUT2D eigenvalue weighted by Gasteiger charge is -2.35. The maximum absolute atomic E-state index is 12.5. The Balaban J connectivity index is 1.08. The molecule has 3 aliphatic rings. The van der Waals surface area contributed by atoms with E-state index in [-0.39, 0.29) is 12.0 Å². The lowest BCUT2D eigenvalue weighted by molar-refractivity contribution is 0.0148. The first-order valence-electron chi connectivity index (χ1n) is 12.5. The molecule has 0 aromatic carbocycles. The van der Waals surface area contributed by atoms with Crippen molar-refractivity contribution < 1.29 is 14.3 Å². The van der Waals surface area contributed by atoms with Gasteiger partial charge < -0.3 is 15.4 Å². The maximum Gasteiger partial charge on any atom is 0.416 e. The molecular weight excluding hydrogens is 430 g/mol. The van der Waals surface area contributed by atoms with E-state index in [4.69, 9.17) is 4.74 Å². The van der Waals surface area contributed by atoms with E-state index in [2.05, 4.69) is 20.6 Å². The first-order chi connectivity index (χ1) is 16.6. The molecule has 8 nitrogen and oxygen atoms in total. The average Bonchev–Trinajstić information content (AvgIpc) is 3.20. The van der Waals surface area contributed by atoms with Gasteiger partial charge in [-0.05, 0) is 68.7 Å². The van der Waals surface area contributed by atoms with Crippen LogP contribution in [0.4, 0.5) is 16.4 Å². The number of hydrogen-bond donors (Lipinski definition) is 2. The maximum atomic E-state index is 12.5. The molecule has 3 heterocycles. The van der Waals surface area contributed by atoms with E-state index in [1.165, 1.54) is 19.3 Å². The van der Waals surface area contributed by atoms with Gasteiger partial charge in [-0.25, -0.2) is 14.8 Å². The van der Waals surface area contributed by atoms with E-state index in [0.29, 0.717) is 29.9 Å². The van der Waals surface area contributed by atoms with Crippen molar-refractivity contribution in [1.82, 2.24) is 15.3 Å². The van der Waals surface area contributed by atoms with Crippen LogP contribution >= 0.6 is 0 Å². The molecule has 0 bridgehead atoms. The summed E-state index contributed by atoms with van der Waals surface area (Å²) in [6, 6.07) is 9.58. The molecule has 2 saturated carbocycles. The third-order valence-corrected chi connectivity index (χ3v) is 7.45. The van der Waals surface area contributed by atoms with Crippen molar-refractivity contribution >= 4 is 23.6 Å². The van der Waals surface area contributed by atoms with Crippen LogP contribution in [0.1, 0.15) is 68.1 Å². The van der Waals surface area contributed by atoms with Gasteiger partial charge in [0.05, 0.1) is 12.1 Å². The molecule has 2 amide bonds. The monoisotopic (exact) mass is 463 g/mol. The molecule has 1 spiro atoms. The SMILES string of the molecule is O=C(NC1CCCCC1)c1ccc(NC[C@H]2CC[C@]3(CC2)CN(c2ccccn2)C(=O)O3)nc1. The third-order valence-electron chi connectivity index (χ3n) is 7.45.